The maximum atomic E-state index is 5.93. The fourth-order valence-electron chi connectivity index (χ4n) is 2.85. The number of nitrogens with two attached hydrogens (primary N) is 1. The lowest BCUT2D eigenvalue weighted by molar-refractivity contribution is -0.000658. The van der Waals surface area contributed by atoms with Gasteiger partial charge in [0.05, 0.1) is 12.7 Å². The van der Waals surface area contributed by atoms with Gasteiger partial charge in [0, 0.05) is 5.56 Å². The summed E-state index contributed by atoms with van der Waals surface area (Å²) >= 11 is 4.92. The van der Waals surface area contributed by atoms with E-state index in [4.69, 9.17) is 27.4 Å². The Morgan fingerprint density at radius 1 is 1.24 bits per heavy atom. The molecular weight excluding hydrogens is 282 g/mol. The fourth-order valence-corrected chi connectivity index (χ4v) is 2.99. The van der Waals surface area contributed by atoms with Gasteiger partial charge in [0.2, 0.25) is 0 Å². The minimum atomic E-state index is 0.410. The first-order valence-electron chi connectivity index (χ1n) is 7.83. The van der Waals surface area contributed by atoms with Crippen LogP contribution in [0, 0.1) is 5.92 Å². The number of rotatable bonds is 7. The second-order valence-electron chi connectivity index (χ2n) is 5.67. The first kappa shape index (κ1) is 16.2. The zero-order valence-electron chi connectivity index (χ0n) is 12.7. The van der Waals surface area contributed by atoms with Crippen molar-refractivity contribution in [2.45, 2.75) is 45.1 Å². The Morgan fingerprint density at radius 3 is 2.67 bits per heavy atom. The normalized spacial score (nSPS) is 22.0. The molecule has 1 aliphatic carbocycles. The molecule has 1 saturated carbocycles. The Morgan fingerprint density at radius 2 is 2.00 bits per heavy atom. The van der Waals surface area contributed by atoms with E-state index in [0.717, 1.165) is 17.2 Å². The lowest BCUT2D eigenvalue weighted by Gasteiger charge is -2.28. The van der Waals surface area contributed by atoms with E-state index in [-0.39, 0.29) is 0 Å². The Hall–Kier alpha value is -1.13. The van der Waals surface area contributed by atoms with Crippen molar-refractivity contribution in [3.8, 4) is 5.75 Å². The van der Waals surface area contributed by atoms with Gasteiger partial charge < -0.3 is 15.2 Å². The molecule has 0 radical (unpaired) electrons. The van der Waals surface area contributed by atoms with Gasteiger partial charge in [-0.3, -0.25) is 0 Å². The van der Waals surface area contributed by atoms with E-state index in [0.29, 0.717) is 24.3 Å². The molecular formula is C17H25NO2S. The molecule has 2 rings (SSSR count). The minimum Gasteiger partial charge on any atom is -0.491 e. The molecule has 2 atom stereocenters. The van der Waals surface area contributed by atoms with Crippen LogP contribution in [0.3, 0.4) is 0 Å². The van der Waals surface area contributed by atoms with Crippen LogP contribution in [0.5, 0.6) is 5.75 Å². The van der Waals surface area contributed by atoms with Crippen LogP contribution in [0.4, 0.5) is 0 Å². The lowest BCUT2D eigenvalue weighted by atomic mass is 9.85. The van der Waals surface area contributed by atoms with Crippen LogP contribution >= 0.6 is 12.2 Å². The Bertz CT molecular complexity index is 447. The molecule has 0 aromatic heterocycles. The highest BCUT2D eigenvalue weighted by Crippen LogP contribution is 2.28. The molecule has 0 bridgehead atoms. The van der Waals surface area contributed by atoms with Crippen LogP contribution in [0.2, 0.25) is 0 Å². The predicted molar refractivity (Wildman–Crippen MR) is 89.8 cm³/mol. The van der Waals surface area contributed by atoms with Crippen molar-refractivity contribution in [3.05, 3.63) is 29.8 Å². The summed E-state index contributed by atoms with van der Waals surface area (Å²) in [4.78, 5) is 0.410. The molecule has 1 fully saturated rings. The first-order valence-corrected chi connectivity index (χ1v) is 8.24. The molecule has 1 aromatic rings. The lowest BCUT2D eigenvalue weighted by Crippen LogP contribution is -2.24. The van der Waals surface area contributed by atoms with Crippen molar-refractivity contribution in [2.24, 2.45) is 11.7 Å². The fraction of sp³-hybridized carbons (Fsp3) is 0.588. The summed E-state index contributed by atoms with van der Waals surface area (Å²) < 4.78 is 11.6. The van der Waals surface area contributed by atoms with Crippen LogP contribution in [-0.2, 0) is 4.74 Å². The Labute approximate surface area is 132 Å². The van der Waals surface area contributed by atoms with Crippen LogP contribution in [0.25, 0.3) is 0 Å². The summed E-state index contributed by atoms with van der Waals surface area (Å²) in [5.74, 6) is 1.67. The topological polar surface area (TPSA) is 44.5 Å². The smallest absolute Gasteiger partial charge is 0.119 e. The molecule has 0 heterocycles. The molecule has 1 aromatic carbocycles. The standard InChI is InChI=1S/C17H25NO2S/c1-2-13-4-3-5-16(12-13)20-11-10-19-15-8-6-14(7-9-15)17(18)21/h6-9,13,16H,2-5,10-12H2,1H3,(H2,18,21). The van der Waals surface area contributed by atoms with E-state index in [1.165, 1.54) is 32.1 Å². The molecule has 0 amide bonds. The zero-order chi connectivity index (χ0) is 15.1. The molecule has 1 aliphatic rings. The summed E-state index contributed by atoms with van der Waals surface area (Å²) in [5.41, 5.74) is 6.42. The predicted octanol–water partition coefficient (Wildman–Crippen LogP) is 3.69. The highest BCUT2D eigenvalue weighted by molar-refractivity contribution is 7.80. The molecule has 21 heavy (non-hydrogen) atoms. The average Bonchev–Trinajstić information content (AvgIpc) is 2.52. The number of hydrogen-bond donors (Lipinski definition) is 1. The maximum absolute atomic E-state index is 5.93. The van der Waals surface area contributed by atoms with Crippen molar-refractivity contribution in [2.75, 3.05) is 13.2 Å². The number of hydrogen-bond acceptors (Lipinski definition) is 3. The van der Waals surface area contributed by atoms with Crippen LogP contribution < -0.4 is 10.5 Å². The van der Waals surface area contributed by atoms with Gasteiger partial charge in [0.25, 0.3) is 0 Å². The second kappa shape index (κ2) is 8.35. The van der Waals surface area contributed by atoms with E-state index < -0.39 is 0 Å². The minimum absolute atomic E-state index is 0.410. The molecule has 2 N–H and O–H groups in total. The molecule has 2 unspecified atom stereocenters. The monoisotopic (exact) mass is 307 g/mol. The number of ether oxygens (including phenoxy) is 2. The van der Waals surface area contributed by atoms with Crippen LogP contribution in [-0.4, -0.2) is 24.3 Å². The molecule has 0 saturated heterocycles. The summed E-state index contributed by atoms with van der Waals surface area (Å²) in [6, 6.07) is 7.54. The number of thiocarbonyl (C=S) groups is 1. The van der Waals surface area contributed by atoms with E-state index in [9.17, 15) is 0 Å². The third-order valence-electron chi connectivity index (χ3n) is 4.16. The van der Waals surface area contributed by atoms with Crippen molar-refractivity contribution < 1.29 is 9.47 Å². The van der Waals surface area contributed by atoms with E-state index in [2.05, 4.69) is 6.92 Å². The third kappa shape index (κ3) is 5.29. The molecule has 0 aliphatic heterocycles. The zero-order valence-corrected chi connectivity index (χ0v) is 13.5. The van der Waals surface area contributed by atoms with Crippen molar-refractivity contribution in [1.82, 2.24) is 0 Å². The maximum Gasteiger partial charge on any atom is 0.119 e. The Balaban J connectivity index is 1.66. The summed E-state index contributed by atoms with van der Waals surface area (Å²) in [7, 11) is 0. The van der Waals surface area contributed by atoms with Gasteiger partial charge in [0.1, 0.15) is 17.3 Å². The first-order chi connectivity index (χ1) is 10.2. The van der Waals surface area contributed by atoms with E-state index in [1.807, 2.05) is 24.3 Å². The van der Waals surface area contributed by atoms with Crippen molar-refractivity contribution in [1.29, 1.82) is 0 Å². The van der Waals surface area contributed by atoms with E-state index in [1.54, 1.807) is 0 Å². The van der Waals surface area contributed by atoms with Crippen LogP contribution in [0.1, 0.15) is 44.6 Å². The highest BCUT2D eigenvalue weighted by atomic mass is 32.1. The molecule has 116 valence electrons. The molecule has 4 heteroatoms. The van der Waals surface area contributed by atoms with Crippen LogP contribution in [0.15, 0.2) is 24.3 Å². The summed E-state index contributed by atoms with van der Waals surface area (Å²) in [5, 5.41) is 0. The van der Waals surface area contributed by atoms with Gasteiger partial charge in [-0.25, -0.2) is 0 Å². The largest absolute Gasteiger partial charge is 0.491 e. The number of benzene rings is 1. The second-order valence-corrected chi connectivity index (χ2v) is 6.11. The SMILES string of the molecule is CCC1CCCC(OCCOc2ccc(C(N)=S)cc2)C1. The van der Waals surface area contributed by atoms with Gasteiger partial charge in [-0.05, 0) is 43.0 Å². The van der Waals surface area contributed by atoms with Crippen molar-refractivity contribution >= 4 is 17.2 Å². The van der Waals surface area contributed by atoms with Gasteiger partial charge in [-0.1, -0.05) is 38.4 Å². The summed E-state index contributed by atoms with van der Waals surface area (Å²) in [6.07, 6.45) is 6.75. The van der Waals surface area contributed by atoms with Gasteiger partial charge >= 0.3 is 0 Å². The highest BCUT2D eigenvalue weighted by Gasteiger charge is 2.20. The van der Waals surface area contributed by atoms with Gasteiger partial charge in [0.15, 0.2) is 0 Å². The van der Waals surface area contributed by atoms with E-state index >= 15 is 0 Å². The van der Waals surface area contributed by atoms with Gasteiger partial charge in [-0.15, -0.1) is 0 Å². The quantitative estimate of drug-likeness (QED) is 0.616. The van der Waals surface area contributed by atoms with Gasteiger partial charge in [-0.2, -0.15) is 0 Å². The summed E-state index contributed by atoms with van der Waals surface area (Å²) in [6.45, 7) is 3.50. The van der Waals surface area contributed by atoms with Crippen molar-refractivity contribution in [3.63, 3.8) is 0 Å². The molecule has 0 spiro atoms. The average molecular weight is 307 g/mol. The third-order valence-corrected chi connectivity index (χ3v) is 4.39. The molecule has 3 nitrogen and oxygen atoms in total. The Kier molecular flexibility index (Phi) is 6.46.